The molecule has 0 aliphatic rings. The summed E-state index contributed by atoms with van der Waals surface area (Å²) in [6.45, 7) is 0. The van der Waals surface area contributed by atoms with Crippen molar-refractivity contribution in [3.05, 3.63) is 83.1 Å². The molecule has 0 saturated heterocycles. The Hall–Kier alpha value is -2.99. The number of halogens is 3. The Bertz CT molecular complexity index is 916. The van der Waals surface area contributed by atoms with Crippen molar-refractivity contribution in [3.63, 3.8) is 0 Å². The molecule has 2 N–H and O–H groups in total. The smallest absolute Gasteiger partial charge is 0.274 e. The molecule has 2 aromatic carbocycles. The Balaban J connectivity index is 1.69. The topological polar surface area (TPSA) is 54.0 Å². The van der Waals surface area contributed by atoms with Crippen molar-refractivity contribution < 1.29 is 13.6 Å². The Kier molecular flexibility index (Phi) is 4.90. The van der Waals surface area contributed by atoms with Gasteiger partial charge in [-0.25, -0.2) is 13.8 Å². The summed E-state index contributed by atoms with van der Waals surface area (Å²) in [7, 11) is 0. The van der Waals surface area contributed by atoms with Gasteiger partial charge in [0.1, 0.15) is 17.3 Å². The molecular formula is C18H12ClF2N3O. The SMILES string of the molecule is O=C(Nc1cccc(F)c1)c1ccc(Nc2ccc(F)c(Cl)c2)cn1. The van der Waals surface area contributed by atoms with Gasteiger partial charge in [0, 0.05) is 11.4 Å². The van der Waals surface area contributed by atoms with Crippen LogP contribution in [0.25, 0.3) is 0 Å². The number of nitrogens with zero attached hydrogens (tertiary/aromatic N) is 1. The molecule has 4 nitrogen and oxygen atoms in total. The molecule has 3 rings (SSSR count). The lowest BCUT2D eigenvalue weighted by Gasteiger charge is -2.08. The van der Waals surface area contributed by atoms with E-state index < -0.39 is 17.5 Å². The zero-order valence-corrected chi connectivity index (χ0v) is 13.5. The fraction of sp³-hybridized carbons (Fsp3) is 0. The molecule has 0 spiro atoms. The molecule has 1 heterocycles. The number of anilines is 3. The molecule has 0 aliphatic heterocycles. The number of benzene rings is 2. The third-order valence-corrected chi connectivity index (χ3v) is 3.58. The van der Waals surface area contributed by atoms with Crippen molar-refractivity contribution in [2.24, 2.45) is 0 Å². The molecule has 0 saturated carbocycles. The van der Waals surface area contributed by atoms with Crippen molar-refractivity contribution in [1.82, 2.24) is 4.98 Å². The highest BCUT2D eigenvalue weighted by atomic mass is 35.5. The maximum absolute atomic E-state index is 13.1. The molecular weight excluding hydrogens is 348 g/mol. The van der Waals surface area contributed by atoms with E-state index in [1.807, 2.05) is 0 Å². The average Bonchev–Trinajstić information content (AvgIpc) is 2.59. The van der Waals surface area contributed by atoms with Crippen LogP contribution in [-0.2, 0) is 0 Å². The number of nitrogens with one attached hydrogen (secondary N) is 2. The second-order valence-electron chi connectivity index (χ2n) is 5.15. The van der Waals surface area contributed by atoms with E-state index in [1.165, 1.54) is 48.7 Å². The van der Waals surface area contributed by atoms with Crippen molar-refractivity contribution in [2.75, 3.05) is 10.6 Å². The molecule has 7 heteroatoms. The highest BCUT2D eigenvalue weighted by Crippen LogP contribution is 2.22. The Morgan fingerprint density at radius 2 is 1.76 bits per heavy atom. The quantitative estimate of drug-likeness (QED) is 0.688. The Morgan fingerprint density at radius 3 is 2.44 bits per heavy atom. The van der Waals surface area contributed by atoms with E-state index in [0.717, 1.165) is 0 Å². The lowest BCUT2D eigenvalue weighted by Crippen LogP contribution is -2.13. The molecule has 0 bridgehead atoms. The minimum atomic E-state index is -0.505. The molecule has 0 fully saturated rings. The van der Waals surface area contributed by atoms with Crippen molar-refractivity contribution in [2.45, 2.75) is 0 Å². The van der Waals surface area contributed by atoms with Gasteiger partial charge in [0.05, 0.1) is 16.9 Å². The number of aromatic nitrogens is 1. The van der Waals surface area contributed by atoms with Gasteiger partial charge in [-0.05, 0) is 48.5 Å². The zero-order valence-electron chi connectivity index (χ0n) is 12.8. The van der Waals surface area contributed by atoms with Crippen LogP contribution in [0.5, 0.6) is 0 Å². The van der Waals surface area contributed by atoms with Gasteiger partial charge in [0.2, 0.25) is 0 Å². The first-order chi connectivity index (χ1) is 12.0. The van der Waals surface area contributed by atoms with Crippen LogP contribution < -0.4 is 10.6 Å². The van der Waals surface area contributed by atoms with Gasteiger partial charge in [0.15, 0.2) is 0 Å². The molecule has 0 unspecified atom stereocenters. The first-order valence-corrected chi connectivity index (χ1v) is 7.64. The van der Waals surface area contributed by atoms with Crippen LogP contribution in [0, 0.1) is 11.6 Å². The second kappa shape index (κ2) is 7.27. The summed E-state index contributed by atoms with van der Waals surface area (Å²) in [5.74, 6) is -1.40. The van der Waals surface area contributed by atoms with Gasteiger partial charge in [-0.15, -0.1) is 0 Å². The number of carbonyl (C=O) groups excluding carboxylic acids is 1. The second-order valence-corrected chi connectivity index (χ2v) is 5.56. The highest BCUT2D eigenvalue weighted by Gasteiger charge is 2.08. The Labute approximate surface area is 147 Å². The summed E-state index contributed by atoms with van der Waals surface area (Å²) in [5.41, 5.74) is 1.71. The van der Waals surface area contributed by atoms with Crippen LogP contribution >= 0.6 is 11.6 Å². The number of hydrogen-bond donors (Lipinski definition) is 2. The maximum Gasteiger partial charge on any atom is 0.274 e. The predicted molar refractivity (Wildman–Crippen MR) is 93.3 cm³/mol. The minimum Gasteiger partial charge on any atom is -0.354 e. The summed E-state index contributed by atoms with van der Waals surface area (Å²) in [6, 6.07) is 13.0. The third-order valence-electron chi connectivity index (χ3n) is 3.29. The molecule has 1 aromatic heterocycles. The standard InChI is InChI=1S/C18H12ClF2N3O/c19-15-9-13(4-6-16(15)21)23-14-5-7-17(22-10-14)18(25)24-12-3-1-2-11(20)8-12/h1-10,23H,(H,24,25). The van der Waals surface area contributed by atoms with Gasteiger partial charge in [-0.2, -0.15) is 0 Å². The van der Waals surface area contributed by atoms with Crippen molar-refractivity contribution >= 4 is 34.6 Å². The van der Waals surface area contributed by atoms with Crippen LogP contribution in [0.3, 0.4) is 0 Å². The van der Waals surface area contributed by atoms with Crippen molar-refractivity contribution in [1.29, 1.82) is 0 Å². The summed E-state index contributed by atoms with van der Waals surface area (Å²) in [6.07, 6.45) is 1.46. The van der Waals surface area contributed by atoms with E-state index in [1.54, 1.807) is 12.1 Å². The van der Waals surface area contributed by atoms with Gasteiger partial charge in [-0.1, -0.05) is 17.7 Å². The number of carbonyl (C=O) groups is 1. The zero-order chi connectivity index (χ0) is 17.8. The lowest BCUT2D eigenvalue weighted by molar-refractivity contribution is 0.102. The average molecular weight is 360 g/mol. The fourth-order valence-electron chi connectivity index (χ4n) is 2.10. The van der Waals surface area contributed by atoms with E-state index in [4.69, 9.17) is 11.6 Å². The van der Waals surface area contributed by atoms with Crippen LogP contribution in [0.4, 0.5) is 25.8 Å². The lowest BCUT2D eigenvalue weighted by atomic mass is 10.2. The Morgan fingerprint density at radius 1 is 0.960 bits per heavy atom. The maximum atomic E-state index is 13.1. The first-order valence-electron chi connectivity index (χ1n) is 7.26. The van der Waals surface area contributed by atoms with Gasteiger partial charge in [-0.3, -0.25) is 4.79 Å². The van der Waals surface area contributed by atoms with Crippen molar-refractivity contribution in [3.8, 4) is 0 Å². The van der Waals surface area contributed by atoms with E-state index in [0.29, 0.717) is 17.1 Å². The monoisotopic (exact) mass is 359 g/mol. The molecule has 1 amide bonds. The number of hydrogen-bond acceptors (Lipinski definition) is 3. The number of pyridine rings is 1. The van der Waals surface area contributed by atoms with E-state index >= 15 is 0 Å². The molecule has 0 atom stereocenters. The summed E-state index contributed by atoms with van der Waals surface area (Å²) >= 11 is 5.72. The molecule has 3 aromatic rings. The molecule has 126 valence electrons. The van der Waals surface area contributed by atoms with Crippen LogP contribution in [0.2, 0.25) is 5.02 Å². The summed E-state index contributed by atoms with van der Waals surface area (Å²) in [5, 5.41) is 5.57. The molecule has 0 radical (unpaired) electrons. The fourth-order valence-corrected chi connectivity index (χ4v) is 2.28. The van der Waals surface area contributed by atoms with E-state index in [2.05, 4.69) is 15.6 Å². The largest absolute Gasteiger partial charge is 0.354 e. The third kappa shape index (κ3) is 4.30. The van der Waals surface area contributed by atoms with Crippen LogP contribution in [-0.4, -0.2) is 10.9 Å². The van der Waals surface area contributed by atoms with E-state index in [9.17, 15) is 13.6 Å². The number of amides is 1. The normalized spacial score (nSPS) is 10.4. The van der Waals surface area contributed by atoms with Crippen LogP contribution in [0.1, 0.15) is 10.5 Å². The molecule has 25 heavy (non-hydrogen) atoms. The van der Waals surface area contributed by atoms with Crippen LogP contribution in [0.15, 0.2) is 60.8 Å². The summed E-state index contributed by atoms with van der Waals surface area (Å²) in [4.78, 5) is 16.2. The minimum absolute atomic E-state index is 0.00375. The van der Waals surface area contributed by atoms with E-state index in [-0.39, 0.29) is 10.7 Å². The van der Waals surface area contributed by atoms with Gasteiger partial charge < -0.3 is 10.6 Å². The van der Waals surface area contributed by atoms with Gasteiger partial charge >= 0.3 is 0 Å². The first kappa shape index (κ1) is 16.9. The highest BCUT2D eigenvalue weighted by molar-refractivity contribution is 6.31. The summed E-state index contributed by atoms with van der Waals surface area (Å²) < 4.78 is 26.3. The van der Waals surface area contributed by atoms with Gasteiger partial charge in [0.25, 0.3) is 5.91 Å². The molecule has 0 aliphatic carbocycles. The number of rotatable bonds is 4. The predicted octanol–water partition coefficient (Wildman–Crippen LogP) is 5.01.